The summed E-state index contributed by atoms with van der Waals surface area (Å²) in [7, 11) is 2.12. The van der Waals surface area contributed by atoms with Crippen LogP contribution in [0.1, 0.15) is 30.3 Å². The zero-order chi connectivity index (χ0) is 15.2. The molecule has 0 saturated carbocycles. The molecule has 0 fully saturated rings. The van der Waals surface area contributed by atoms with E-state index in [-0.39, 0.29) is 6.04 Å². The highest BCUT2D eigenvalue weighted by Crippen LogP contribution is 2.27. The van der Waals surface area contributed by atoms with Crippen LogP contribution in [0.3, 0.4) is 0 Å². The highest BCUT2D eigenvalue weighted by molar-refractivity contribution is 7.09. The maximum Gasteiger partial charge on any atom is 0.0474 e. The van der Waals surface area contributed by atoms with Gasteiger partial charge in [-0.05, 0) is 49.0 Å². The number of likely N-dealkylation sites (N-methyl/N-ethyl adjacent to an activating group) is 1. The molecule has 0 amide bonds. The quantitative estimate of drug-likeness (QED) is 0.791. The fourth-order valence-corrected chi connectivity index (χ4v) is 3.42. The number of nitrogens with one attached hydrogen (secondary N) is 1. The monoisotopic (exact) mass is 322 g/mol. The molecule has 1 N–H and O–H groups in total. The van der Waals surface area contributed by atoms with Crippen LogP contribution in [0.15, 0.2) is 35.7 Å². The Balaban J connectivity index is 2.01. The van der Waals surface area contributed by atoms with Gasteiger partial charge in [-0.2, -0.15) is 0 Å². The minimum atomic E-state index is 0.285. The SMILES string of the molecule is CCNC(C)c1ccc(N(C)CCc2cccs2)cc1Cl. The Morgan fingerprint density at radius 2 is 2.14 bits per heavy atom. The molecule has 1 atom stereocenters. The number of nitrogens with zero attached hydrogens (tertiary/aromatic N) is 1. The zero-order valence-corrected chi connectivity index (χ0v) is 14.5. The Hall–Kier alpha value is -1.03. The summed E-state index contributed by atoms with van der Waals surface area (Å²) in [5.74, 6) is 0. The summed E-state index contributed by atoms with van der Waals surface area (Å²) in [6.07, 6.45) is 1.07. The normalized spacial score (nSPS) is 12.4. The van der Waals surface area contributed by atoms with E-state index in [9.17, 15) is 0 Å². The van der Waals surface area contributed by atoms with Gasteiger partial charge < -0.3 is 10.2 Å². The number of hydrogen-bond donors (Lipinski definition) is 1. The predicted molar refractivity (Wildman–Crippen MR) is 94.8 cm³/mol. The van der Waals surface area contributed by atoms with Crippen molar-refractivity contribution in [2.24, 2.45) is 0 Å². The smallest absolute Gasteiger partial charge is 0.0474 e. The summed E-state index contributed by atoms with van der Waals surface area (Å²) in [5.41, 5.74) is 2.33. The molecule has 0 bridgehead atoms. The standard InChI is InChI=1S/C17H23ClN2S/c1-4-19-13(2)16-8-7-14(12-17(16)18)20(3)10-9-15-6-5-11-21-15/h5-8,11-13,19H,4,9-10H2,1-3H3. The largest absolute Gasteiger partial charge is 0.374 e. The first-order valence-corrected chi connectivity index (χ1v) is 8.64. The van der Waals surface area contributed by atoms with Gasteiger partial charge in [0.05, 0.1) is 0 Å². The molecular formula is C17H23ClN2S. The van der Waals surface area contributed by atoms with Crippen molar-refractivity contribution in [2.45, 2.75) is 26.3 Å². The molecule has 1 aromatic heterocycles. The molecule has 4 heteroatoms. The number of rotatable bonds is 7. The Bertz CT molecular complexity index is 554. The number of hydrogen-bond acceptors (Lipinski definition) is 3. The first-order valence-electron chi connectivity index (χ1n) is 7.38. The van der Waals surface area contributed by atoms with E-state index in [4.69, 9.17) is 11.6 Å². The highest BCUT2D eigenvalue weighted by atomic mass is 35.5. The van der Waals surface area contributed by atoms with Gasteiger partial charge in [0.15, 0.2) is 0 Å². The lowest BCUT2D eigenvalue weighted by molar-refractivity contribution is 0.598. The summed E-state index contributed by atoms with van der Waals surface area (Å²) in [6, 6.07) is 10.9. The van der Waals surface area contributed by atoms with E-state index in [0.29, 0.717) is 0 Å². The van der Waals surface area contributed by atoms with Crippen molar-refractivity contribution in [2.75, 3.05) is 25.0 Å². The summed E-state index contributed by atoms with van der Waals surface area (Å²) in [5, 5.41) is 6.36. The summed E-state index contributed by atoms with van der Waals surface area (Å²) < 4.78 is 0. The summed E-state index contributed by atoms with van der Waals surface area (Å²) >= 11 is 8.25. The minimum Gasteiger partial charge on any atom is -0.374 e. The van der Waals surface area contributed by atoms with Crippen molar-refractivity contribution in [1.29, 1.82) is 0 Å². The predicted octanol–water partition coefficient (Wildman–Crippen LogP) is 4.75. The van der Waals surface area contributed by atoms with Crippen LogP contribution in [0.4, 0.5) is 5.69 Å². The van der Waals surface area contributed by atoms with Gasteiger partial charge in [-0.3, -0.25) is 0 Å². The van der Waals surface area contributed by atoms with Gasteiger partial charge in [-0.1, -0.05) is 30.7 Å². The van der Waals surface area contributed by atoms with E-state index in [1.165, 1.54) is 10.6 Å². The first kappa shape index (κ1) is 16.3. The summed E-state index contributed by atoms with van der Waals surface area (Å²) in [4.78, 5) is 3.68. The topological polar surface area (TPSA) is 15.3 Å². The van der Waals surface area contributed by atoms with Crippen LogP contribution in [-0.4, -0.2) is 20.1 Å². The van der Waals surface area contributed by atoms with Crippen LogP contribution in [0.5, 0.6) is 0 Å². The second kappa shape index (κ2) is 7.83. The first-order chi connectivity index (χ1) is 10.1. The summed E-state index contributed by atoms with van der Waals surface area (Å²) in [6.45, 7) is 6.20. The molecule has 2 nitrogen and oxygen atoms in total. The molecule has 0 aliphatic rings. The van der Waals surface area contributed by atoms with E-state index < -0.39 is 0 Å². The van der Waals surface area contributed by atoms with Crippen molar-refractivity contribution in [3.05, 3.63) is 51.2 Å². The fraction of sp³-hybridized carbons (Fsp3) is 0.412. The van der Waals surface area contributed by atoms with Crippen LogP contribution in [0.25, 0.3) is 0 Å². The van der Waals surface area contributed by atoms with Crippen LogP contribution in [0, 0.1) is 0 Å². The van der Waals surface area contributed by atoms with Crippen molar-refractivity contribution in [3.63, 3.8) is 0 Å². The molecule has 1 aromatic carbocycles. The molecule has 2 rings (SSSR count). The molecule has 0 radical (unpaired) electrons. The number of thiophene rings is 1. The van der Waals surface area contributed by atoms with E-state index in [2.05, 4.69) is 66.8 Å². The average molecular weight is 323 g/mol. The molecule has 0 saturated heterocycles. The van der Waals surface area contributed by atoms with E-state index >= 15 is 0 Å². The third-order valence-electron chi connectivity index (χ3n) is 3.68. The van der Waals surface area contributed by atoms with Crippen molar-refractivity contribution in [1.82, 2.24) is 5.32 Å². The van der Waals surface area contributed by atoms with Gasteiger partial charge in [-0.25, -0.2) is 0 Å². The Morgan fingerprint density at radius 3 is 2.76 bits per heavy atom. The van der Waals surface area contributed by atoms with Gasteiger partial charge in [0.1, 0.15) is 0 Å². The Kier molecular flexibility index (Phi) is 6.09. The van der Waals surface area contributed by atoms with E-state index in [1.54, 1.807) is 0 Å². The van der Waals surface area contributed by atoms with E-state index in [0.717, 1.165) is 30.1 Å². The Morgan fingerprint density at radius 1 is 1.33 bits per heavy atom. The third-order valence-corrected chi connectivity index (χ3v) is 4.94. The highest BCUT2D eigenvalue weighted by Gasteiger charge is 2.10. The second-order valence-corrected chi connectivity index (χ2v) is 6.68. The van der Waals surface area contributed by atoms with Crippen molar-refractivity contribution in [3.8, 4) is 0 Å². The van der Waals surface area contributed by atoms with Crippen LogP contribution >= 0.6 is 22.9 Å². The maximum atomic E-state index is 6.44. The van der Waals surface area contributed by atoms with E-state index in [1.807, 2.05) is 11.3 Å². The number of halogens is 1. The molecule has 0 spiro atoms. The maximum absolute atomic E-state index is 6.44. The molecule has 1 heterocycles. The average Bonchev–Trinajstić information content (AvgIpc) is 2.98. The Labute approximate surface area is 136 Å². The molecule has 114 valence electrons. The molecule has 0 aliphatic heterocycles. The lowest BCUT2D eigenvalue weighted by Gasteiger charge is -2.21. The molecular weight excluding hydrogens is 300 g/mol. The minimum absolute atomic E-state index is 0.285. The van der Waals surface area contributed by atoms with Crippen LogP contribution in [-0.2, 0) is 6.42 Å². The van der Waals surface area contributed by atoms with Crippen molar-refractivity contribution >= 4 is 28.6 Å². The molecule has 2 aromatic rings. The van der Waals surface area contributed by atoms with Crippen LogP contribution < -0.4 is 10.2 Å². The zero-order valence-electron chi connectivity index (χ0n) is 12.9. The number of anilines is 1. The fourth-order valence-electron chi connectivity index (χ4n) is 2.38. The van der Waals surface area contributed by atoms with Crippen LogP contribution in [0.2, 0.25) is 5.02 Å². The third kappa shape index (κ3) is 4.47. The lowest BCUT2D eigenvalue weighted by Crippen LogP contribution is -2.21. The molecule has 21 heavy (non-hydrogen) atoms. The van der Waals surface area contributed by atoms with Gasteiger partial charge in [0.2, 0.25) is 0 Å². The van der Waals surface area contributed by atoms with Gasteiger partial charge >= 0.3 is 0 Å². The van der Waals surface area contributed by atoms with Gasteiger partial charge in [-0.15, -0.1) is 11.3 Å². The van der Waals surface area contributed by atoms with Gasteiger partial charge in [0.25, 0.3) is 0 Å². The second-order valence-electron chi connectivity index (χ2n) is 5.24. The van der Waals surface area contributed by atoms with Crippen molar-refractivity contribution < 1.29 is 0 Å². The number of benzene rings is 1. The van der Waals surface area contributed by atoms with Gasteiger partial charge in [0, 0.05) is 35.2 Å². The lowest BCUT2D eigenvalue weighted by atomic mass is 10.1. The molecule has 1 unspecified atom stereocenters. The molecule has 0 aliphatic carbocycles.